The summed E-state index contributed by atoms with van der Waals surface area (Å²) < 4.78 is 50.6. The van der Waals surface area contributed by atoms with E-state index in [1.165, 1.54) is 12.1 Å². The SMILES string of the molecule is CC=CCOc1ccc(-c2ccc3c(F)c(/C=C/C)c(OC(F)F)cc3c2)cc1. The van der Waals surface area contributed by atoms with Crippen molar-refractivity contribution < 1.29 is 22.6 Å². The number of fused-ring (bicyclic) bond motifs is 1. The van der Waals surface area contributed by atoms with Crippen LogP contribution in [0.15, 0.2) is 66.8 Å². The van der Waals surface area contributed by atoms with Crippen molar-refractivity contribution in [2.24, 2.45) is 0 Å². The highest BCUT2D eigenvalue weighted by Crippen LogP contribution is 2.34. The van der Waals surface area contributed by atoms with Gasteiger partial charge in [-0.25, -0.2) is 4.39 Å². The van der Waals surface area contributed by atoms with E-state index in [2.05, 4.69) is 4.74 Å². The molecule has 0 unspecified atom stereocenters. The van der Waals surface area contributed by atoms with E-state index in [1.54, 1.807) is 31.2 Å². The van der Waals surface area contributed by atoms with Crippen LogP contribution in [0.5, 0.6) is 11.5 Å². The molecule has 0 saturated heterocycles. The van der Waals surface area contributed by atoms with Crippen LogP contribution < -0.4 is 9.47 Å². The van der Waals surface area contributed by atoms with Crippen LogP contribution in [-0.2, 0) is 0 Å². The van der Waals surface area contributed by atoms with Crippen LogP contribution in [0.1, 0.15) is 19.4 Å². The summed E-state index contributed by atoms with van der Waals surface area (Å²) in [7, 11) is 0. The van der Waals surface area contributed by atoms with Crippen molar-refractivity contribution in [2.75, 3.05) is 6.61 Å². The number of benzene rings is 3. The molecule has 150 valence electrons. The molecule has 0 aliphatic carbocycles. The molecule has 0 radical (unpaired) electrons. The first-order valence-corrected chi connectivity index (χ1v) is 9.21. The average Bonchev–Trinajstić information content (AvgIpc) is 2.71. The predicted molar refractivity (Wildman–Crippen MR) is 111 cm³/mol. The number of alkyl halides is 2. The van der Waals surface area contributed by atoms with Gasteiger partial charge in [0, 0.05) is 5.39 Å². The molecule has 2 nitrogen and oxygen atoms in total. The van der Waals surface area contributed by atoms with E-state index in [1.807, 2.05) is 43.3 Å². The minimum atomic E-state index is -3.03. The molecule has 3 rings (SSSR count). The Morgan fingerprint density at radius 2 is 1.66 bits per heavy atom. The quantitative estimate of drug-likeness (QED) is 0.391. The molecule has 3 aromatic carbocycles. The summed E-state index contributed by atoms with van der Waals surface area (Å²) in [5.74, 6) is -0.0363. The van der Waals surface area contributed by atoms with Crippen molar-refractivity contribution in [2.45, 2.75) is 20.5 Å². The molecule has 0 aliphatic heterocycles. The van der Waals surface area contributed by atoms with E-state index in [0.29, 0.717) is 17.4 Å². The zero-order valence-corrected chi connectivity index (χ0v) is 16.2. The lowest BCUT2D eigenvalue weighted by Gasteiger charge is -2.13. The van der Waals surface area contributed by atoms with Crippen LogP contribution in [0, 0.1) is 5.82 Å². The second-order valence-corrected chi connectivity index (χ2v) is 6.32. The number of rotatable bonds is 7. The van der Waals surface area contributed by atoms with Crippen molar-refractivity contribution in [3.05, 3.63) is 78.1 Å². The fourth-order valence-electron chi connectivity index (χ4n) is 3.03. The van der Waals surface area contributed by atoms with Crippen molar-refractivity contribution in [1.29, 1.82) is 0 Å². The lowest BCUT2D eigenvalue weighted by molar-refractivity contribution is -0.0500. The van der Waals surface area contributed by atoms with Crippen LogP contribution in [0.4, 0.5) is 13.2 Å². The largest absolute Gasteiger partial charge is 0.490 e. The van der Waals surface area contributed by atoms with Gasteiger partial charge in [0.25, 0.3) is 0 Å². The Kier molecular flexibility index (Phi) is 6.60. The van der Waals surface area contributed by atoms with Gasteiger partial charge in [0.15, 0.2) is 0 Å². The van der Waals surface area contributed by atoms with Crippen molar-refractivity contribution in [3.63, 3.8) is 0 Å². The lowest BCUT2D eigenvalue weighted by Crippen LogP contribution is -2.04. The molecule has 0 aromatic heterocycles. The number of allylic oxidation sites excluding steroid dienone is 2. The smallest absolute Gasteiger partial charge is 0.387 e. The molecule has 0 atom stereocenters. The standard InChI is InChI=1S/C24H21F3O2/c1-3-5-13-28-19-10-7-16(8-11-19)17-9-12-20-18(14-17)15-22(29-24(26)27)21(6-4-2)23(20)25/h3-12,14-15,24H,13H2,1-2H3/b5-3?,6-4+. The Labute approximate surface area is 167 Å². The molecule has 3 aromatic rings. The summed E-state index contributed by atoms with van der Waals surface area (Å²) in [6.07, 6.45) is 6.83. The monoisotopic (exact) mass is 398 g/mol. The molecule has 0 saturated carbocycles. The van der Waals surface area contributed by atoms with E-state index in [9.17, 15) is 13.2 Å². The van der Waals surface area contributed by atoms with Gasteiger partial charge in [0.2, 0.25) is 0 Å². The van der Waals surface area contributed by atoms with Gasteiger partial charge in [-0.2, -0.15) is 8.78 Å². The number of halogens is 3. The number of ether oxygens (including phenoxy) is 2. The molecule has 0 fully saturated rings. The zero-order chi connectivity index (χ0) is 20.8. The van der Waals surface area contributed by atoms with Gasteiger partial charge in [0.1, 0.15) is 23.9 Å². The maximum atomic E-state index is 14.9. The highest BCUT2D eigenvalue weighted by Gasteiger charge is 2.16. The molecule has 0 spiro atoms. The van der Waals surface area contributed by atoms with Gasteiger partial charge in [-0.3, -0.25) is 0 Å². The van der Waals surface area contributed by atoms with E-state index >= 15 is 0 Å². The first kappa shape index (κ1) is 20.5. The van der Waals surface area contributed by atoms with Crippen molar-refractivity contribution in [1.82, 2.24) is 0 Å². The van der Waals surface area contributed by atoms with E-state index in [4.69, 9.17) is 4.74 Å². The summed E-state index contributed by atoms with van der Waals surface area (Å²) >= 11 is 0. The minimum Gasteiger partial charge on any atom is -0.490 e. The summed E-state index contributed by atoms with van der Waals surface area (Å²) in [6.45, 7) is 1.07. The molecule has 0 amide bonds. The topological polar surface area (TPSA) is 18.5 Å². The Hall–Kier alpha value is -3.21. The molecule has 29 heavy (non-hydrogen) atoms. The van der Waals surface area contributed by atoms with Crippen molar-refractivity contribution >= 4 is 16.8 Å². The average molecular weight is 398 g/mol. The normalized spacial score (nSPS) is 11.8. The first-order chi connectivity index (χ1) is 14.0. The highest BCUT2D eigenvalue weighted by atomic mass is 19.3. The third kappa shape index (κ3) is 4.80. The maximum absolute atomic E-state index is 14.9. The molecular formula is C24H21F3O2. The molecule has 5 heteroatoms. The van der Waals surface area contributed by atoms with Crippen LogP contribution in [0.3, 0.4) is 0 Å². The Bertz CT molecular complexity index is 1040. The second-order valence-electron chi connectivity index (χ2n) is 6.32. The summed E-state index contributed by atoms with van der Waals surface area (Å²) in [5, 5.41) is 0.826. The van der Waals surface area contributed by atoms with E-state index < -0.39 is 12.4 Å². The number of hydrogen-bond acceptors (Lipinski definition) is 2. The predicted octanol–water partition coefficient (Wildman–Crippen LogP) is 7.24. The van der Waals surface area contributed by atoms with Gasteiger partial charge in [0.05, 0.1) is 5.56 Å². The molecule has 0 aliphatic rings. The van der Waals surface area contributed by atoms with Gasteiger partial charge < -0.3 is 9.47 Å². The van der Waals surface area contributed by atoms with Crippen LogP contribution in [0.2, 0.25) is 0 Å². The molecule has 0 heterocycles. The molecule has 0 N–H and O–H groups in total. The Morgan fingerprint density at radius 1 is 0.931 bits per heavy atom. The zero-order valence-electron chi connectivity index (χ0n) is 16.2. The van der Waals surface area contributed by atoms with E-state index in [-0.39, 0.29) is 11.3 Å². The van der Waals surface area contributed by atoms with Gasteiger partial charge in [-0.1, -0.05) is 48.6 Å². The maximum Gasteiger partial charge on any atom is 0.387 e. The summed E-state index contributed by atoms with van der Waals surface area (Å²) in [5.41, 5.74) is 1.74. The third-order valence-corrected chi connectivity index (χ3v) is 4.40. The molecular weight excluding hydrogens is 377 g/mol. The Balaban J connectivity index is 1.99. The fourth-order valence-corrected chi connectivity index (χ4v) is 3.03. The summed E-state index contributed by atoms with van der Waals surface area (Å²) in [4.78, 5) is 0. The second kappa shape index (κ2) is 9.32. The fraction of sp³-hybridized carbons (Fsp3) is 0.167. The van der Waals surface area contributed by atoms with E-state index in [0.717, 1.165) is 16.9 Å². The van der Waals surface area contributed by atoms with Gasteiger partial charge in [-0.15, -0.1) is 0 Å². The van der Waals surface area contributed by atoms with Crippen LogP contribution in [-0.4, -0.2) is 13.2 Å². The van der Waals surface area contributed by atoms with Crippen LogP contribution in [0.25, 0.3) is 28.0 Å². The minimum absolute atomic E-state index is 0.00989. The van der Waals surface area contributed by atoms with Crippen LogP contribution >= 0.6 is 0 Å². The van der Waals surface area contributed by atoms with Gasteiger partial charge >= 0.3 is 6.61 Å². The van der Waals surface area contributed by atoms with Crippen molar-refractivity contribution in [3.8, 4) is 22.6 Å². The summed E-state index contributed by atoms with van der Waals surface area (Å²) in [6, 6.07) is 14.1. The first-order valence-electron chi connectivity index (χ1n) is 9.21. The lowest BCUT2D eigenvalue weighted by atomic mass is 9.98. The highest BCUT2D eigenvalue weighted by molar-refractivity contribution is 5.91. The Morgan fingerprint density at radius 3 is 2.31 bits per heavy atom. The van der Waals surface area contributed by atoms with Gasteiger partial charge in [-0.05, 0) is 54.6 Å². The number of hydrogen-bond donors (Lipinski definition) is 0. The molecule has 0 bridgehead atoms. The third-order valence-electron chi connectivity index (χ3n) is 4.40.